The molecule has 1 aromatic carbocycles. The fraction of sp³-hybridized carbons (Fsp3) is 0.467. The van der Waals surface area contributed by atoms with Crippen LogP contribution in [-0.4, -0.2) is 31.3 Å². The molecule has 1 N–H and O–H groups in total. The number of ether oxygens (including phenoxy) is 2. The van der Waals surface area contributed by atoms with Crippen LogP contribution in [-0.2, 0) is 20.9 Å². The van der Waals surface area contributed by atoms with E-state index in [1.165, 1.54) is 0 Å². The summed E-state index contributed by atoms with van der Waals surface area (Å²) in [6.45, 7) is 1.96. The van der Waals surface area contributed by atoms with Crippen molar-refractivity contribution in [2.45, 2.75) is 38.5 Å². The van der Waals surface area contributed by atoms with Crippen LogP contribution < -0.4 is 5.32 Å². The lowest BCUT2D eigenvalue weighted by Crippen LogP contribution is -2.46. The number of nitrogens with zero attached hydrogens (tertiary/aromatic N) is 1. The third-order valence-corrected chi connectivity index (χ3v) is 3.05. The molecule has 7 nitrogen and oxygen atoms in total. The molecule has 0 aliphatic rings. The second kappa shape index (κ2) is 9.49. The van der Waals surface area contributed by atoms with E-state index in [0.717, 1.165) is 12.7 Å². The topological polar surface area (TPSA) is 94.1 Å². The molecule has 0 aliphatic heterocycles. The minimum absolute atomic E-state index is 0.100. The van der Waals surface area contributed by atoms with E-state index in [2.05, 4.69) is 15.2 Å². The lowest BCUT2D eigenvalue weighted by atomic mass is 10.0. The largest absolute Gasteiger partial charge is 0.467 e. The molecule has 0 saturated heterocycles. The third-order valence-electron chi connectivity index (χ3n) is 3.05. The first-order valence-corrected chi connectivity index (χ1v) is 6.99. The SMILES string of the molecule is CCC[C@H](NC(=O)OCc1ccccc1)C(N=O)C(=O)OC. The fourth-order valence-electron chi connectivity index (χ4n) is 1.94. The summed E-state index contributed by atoms with van der Waals surface area (Å²) in [5.41, 5.74) is 0.836. The highest BCUT2D eigenvalue weighted by Crippen LogP contribution is 2.09. The van der Waals surface area contributed by atoms with Gasteiger partial charge in [-0.25, -0.2) is 9.59 Å². The first kappa shape index (κ1) is 17.6. The molecule has 120 valence electrons. The Morgan fingerprint density at radius 3 is 2.50 bits per heavy atom. The Hall–Kier alpha value is -2.44. The Balaban J connectivity index is 2.59. The van der Waals surface area contributed by atoms with Gasteiger partial charge in [0.15, 0.2) is 0 Å². The number of carbonyl (C=O) groups is 2. The van der Waals surface area contributed by atoms with Crippen molar-refractivity contribution in [1.29, 1.82) is 0 Å². The summed E-state index contributed by atoms with van der Waals surface area (Å²) in [6.07, 6.45) is 0.360. The molecule has 1 amide bonds. The van der Waals surface area contributed by atoms with Gasteiger partial charge in [0.25, 0.3) is 0 Å². The van der Waals surface area contributed by atoms with E-state index < -0.39 is 24.1 Å². The van der Waals surface area contributed by atoms with Crippen molar-refractivity contribution >= 4 is 12.1 Å². The number of methoxy groups -OCH3 is 1. The van der Waals surface area contributed by atoms with E-state index in [1.54, 1.807) is 0 Å². The van der Waals surface area contributed by atoms with Gasteiger partial charge >= 0.3 is 12.1 Å². The van der Waals surface area contributed by atoms with Gasteiger partial charge in [0.05, 0.1) is 13.2 Å². The van der Waals surface area contributed by atoms with Gasteiger partial charge in [-0.15, -0.1) is 4.91 Å². The van der Waals surface area contributed by atoms with Crippen molar-refractivity contribution in [3.8, 4) is 0 Å². The molecule has 22 heavy (non-hydrogen) atoms. The number of nitrogens with one attached hydrogen (secondary N) is 1. The average molecular weight is 308 g/mol. The van der Waals surface area contributed by atoms with Gasteiger partial charge < -0.3 is 14.8 Å². The summed E-state index contributed by atoms with van der Waals surface area (Å²) in [5, 5.41) is 5.25. The monoisotopic (exact) mass is 308 g/mol. The van der Waals surface area contributed by atoms with Crippen LogP contribution in [0.25, 0.3) is 0 Å². The van der Waals surface area contributed by atoms with Gasteiger partial charge in [-0.05, 0) is 12.0 Å². The summed E-state index contributed by atoms with van der Waals surface area (Å²) in [5.74, 6) is -0.781. The van der Waals surface area contributed by atoms with Gasteiger partial charge in [0.2, 0.25) is 6.04 Å². The lowest BCUT2D eigenvalue weighted by molar-refractivity contribution is -0.142. The van der Waals surface area contributed by atoms with E-state index in [0.29, 0.717) is 12.8 Å². The zero-order valence-corrected chi connectivity index (χ0v) is 12.7. The summed E-state index contributed by atoms with van der Waals surface area (Å²) in [7, 11) is 1.16. The van der Waals surface area contributed by atoms with Crippen LogP contribution in [0.3, 0.4) is 0 Å². The molecule has 0 radical (unpaired) electrons. The molecule has 1 aromatic rings. The molecule has 1 unspecified atom stereocenters. The number of hydrogen-bond acceptors (Lipinski definition) is 6. The van der Waals surface area contributed by atoms with Crippen LogP contribution in [0.5, 0.6) is 0 Å². The normalized spacial score (nSPS) is 12.8. The number of alkyl carbamates (subject to hydrolysis) is 1. The van der Waals surface area contributed by atoms with E-state index in [1.807, 2.05) is 37.3 Å². The Bertz CT molecular complexity index is 492. The maximum atomic E-state index is 11.8. The smallest absolute Gasteiger partial charge is 0.407 e. The molecule has 0 aromatic heterocycles. The van der Waals surface area contributed by atoms with Crippen LogP contribution in [0, 0.1) is 4.91 Å². The van der Waals surface area contributed by atoms with Crippen LogP contribution >= 0.6 is 0 Å². The molecule has 7 heteroatoms. The number of nitroso groups, excluding NO2 is 1. The predicted octanol–water partition coefficient (Wildman–Crippen LogP) is 2.39. The second-order valence-electron chi connectivity index (χ2n) is 4.67. The van der Waals surface area contributed by atoms with E-state index in [9.17, 15) is 14.5 Å². The van der Waals surface area contributed by atoms with Crippen LogP contribution in [0.15, 0.2) is 35.5 Å². The van der Waals surface area contributed by atoms with Crippen molar-refractivity contribution in [1.82, 2.24) is 5.32 Å². The first-order valence-electron chi connectivity index (χ1n) is 6.99. The average Bonchev–Trinajstić information content (AvgIpc) is 2.54. The van der Waals surface area contributed by atoms with Crippen LogP contribution in [0.2, 0.25) is 0 Å². The van der Waals surface area contributed by atoms with Gasteiger partial charge in [0.1, 0.15) is 6.61 Å². The predicted molar refractivity (Wildman–Crippen MR) is 80.1 cm³/mol. The van der Waals surface area contributed by atoms with Crippen molar-refractivity contribution in [3.05, 3.63) is 40.8 Å². The number of rotatable bonds is 8. The highest BCUT2D eigenvalue weighted by molar-refractivity contribution is 5.78. The summed E-state index contributed by atoms with van der Waals surface area (Å²) < 4.78 is 9.58. The van der Waals surface area contributed by atoms with Crippen molar-refractivity contribution < 1.29 is 19.1 Å². The van der Waals surface area contributed by atoms with Crippen molar-refractivity contribution in [2.24, 2.45) is 5.18 Å². The molecule has 0 aliphatic carbocycles. The van der Waals surface area contributed by atoms with E-state index in [4.69, 9.17) is 4.74 Å². The standard InChI is InChI=1S/C15H20N2O5/c1-3-7-12(13(17-20)14(18)21-2)16-15(19)22-10-11-8-5-4-6-9-11/h4-6,8-9,12-13H,3,7,10H2,1-2H3,(H,16,19)/t12-,13?/m0/s1. The highest BCUT2D eigenvalue weighted by atomic mass is 16.5. The minimum Gasteiger partial charge on any atom is -0.467 e. The quantitative estimate of drug-likeness (QED) is 0.588. The zero-order chi connectivity index (χ0) is 16.4. The van der Waals surface area contributed by atoms with Gasteiger partial charge in [-0.2, -0.15) is 0 Å². The molecule has 2 atom stereocenters. The van der Waals surface area contributed by atoms with E-state index >= 15 is 0 Å². The molecule has 0 saturated carbocycles. The van der Waals surface area contributed by atoms with Crippen LogP contribution in [0.1, 0.15) is 25.3 Å². The Labute approximate surface area is 129 Å². The number of benzene rings is 1. The maximum absolute atomic E-state index is 11.8. The van der Waals surface area contributed by atoms with Crippen molar-refractivity contribution in [3.63, 3.8) is 0 Å². The minimum atomic E-state index is -1.28. The van der Waals surface area contributed by atoms with Gasteiger partial charge in [-0.1, -0.05) is 48.9 Å². The number of amides is 1. The van der Waals surface area contributed by atoms with E-state index in [-0.39, 0.29) is 6.61 Å². The van der Waals surface area contributed by atoms with Crippen molar-refractivity contribution in [2.75, 3.05) is 7.11 Å². The van der Waals surface area contributed by atoms with Gasteiger partial charge in [-0.3, -0.25) is 0 Å². The number of carbonyl (C=O) groups excluding carboxylic acids is 2. The highest BCUT2D eigenvalue weighted by Gasteiger charge is 2.31. The third kappa shape index (κ3) is 5.51. The Morgan fingerprint density at radius 2 is 1.95 bits per heavy atom. The molecule has 0 spiro atoms. The molecule has 0 fully saturated rings. The number of esters is 1. The molecule has 0 bridgehead atoms. The summed E-state index contributed by atoms with van der Waals surface area (Å²) in [4.78, 5) is 34.2. The second-order valence-corrected chi connectivity index (χ2v) is 4.67. The number of hydrogen-bond donors (Lipinski definition) is 1. The molecular weight excluding hydrogens is 288 g/mol. The fourth-order valence-corrected chi connectivity index (χ4v) is 1.94. The van der Waals surface area contributed by atoms with Gasteiger partial charge in [0, 0.05) is 0 Å². The lowest BCUT2D eigenvalue weighted by Gasteiger charge is -2.20. The Kier molecular flexibility index (Phi) is 7.60. The molecule has 1 rings (SSSR count). The summed E-state index contributed by atoms with van der Waals surface area (Å²) in [6, 6.07) is 7.13. The Morgan fingerprint density at radius 1 is 1.27 bits per heavy atom. The molecular formula is C15H20N2O5. The first-order chi connectivity index (χ1) is 10.6. The zero-order valence-electron chi connectivity index (χ0n) is 12.7. The summed E-state index contributed by atoms with van der Waals surface area (Å²) >= 11 is 0. The maximum Gasteiger partial charge on any atom is 0.407 e. The van der Waals surface area contributed by atoms with Crippen LogP contribution in [0.4, 0.5) is 4.79 Å². The molecule has 0 heterocycles.